The van der Waals surface area contributed by atoms with Gasteiger partial charge in [-0.25, -0.2) is 0 Å². The van der Waals surface area contributed by atoms with Crippen LogP contribution in [0.3, 0.4) is 0 Å². The number of anilines is 1. The van der Waals surface area contributed by atoms with Crippen LogP contribution in [0.4, 0.5) is 18.9 Å². The number of hydrogen-bond acceptors (Lipinski definition) is 1. The lowest BCUT2D eigenvalue weighted by atomic mass is 10.1. The second kappa shape index (κ2) is 6.03. The van der Waals surface area contributed by atoms with Crippen molar-refractivity contribution in [2.45, 2.75) is 19.6 Å². The molecule has 1 nitrogen and oxygen atoms in total. The lowest BCUT2D eigenvalue weighted by Crippen LogP contribution is -2.09. The molecule has 2 aromatic rings. The summed E-state index contributed by atoms with van der Waals surface area (Å²) in [6, 6.07) is 12.1. The van der Waals surface area contributed by atoms with E-state index in [1.165, 1.54) is 13.0 Å². The highest BCUT2D eigenvalue weighted by atomic mass is 127. The highest BCUT2D eigenvalue weighted by Crippen LogP contribution is 2.33. The van der Waals surface area contributed by atoms with Crippen LogP contribution in [0.2, 0.25) is 0 Å². The average Bonchev–Trinajstić information content (AvgIpc) is 2.38. The highest BCUT2D eigenvalue weighted by Gasteiger charge is 2.32. The number of aryl methyl sites for hydroxylation is 1. The molecular weight excluding hydrogens is 378 g/mol. The topological polar surface area (TPSA) is 12.0 Å². The zero-order valence-corrected chi connectivity index (χ0v) is 12.9. The van der Waals surface area contributed by atoms with Crippen LogP contribution in [-0.4, -0.2) is 0 Å². The average molecular weight is 391 g/mol. The van der Waals surface area contributed by atoms with Crippen molar-refractivity contribution in [2.75, 3.05) is 5.32 Å². The van der Waals surface area contributed by atoms with Crippen molar-refractivity contribution in [3.63, 3.8) is 0 Å². The van der Waals surface area contributed by atoms with E-state index in [1.54, 1.807) is 6.07 Å². The van der Waals surface area contributed by atoms with Crippen LogP contribution in [0.5, 0.6) is 0 Å². The van der Waals surface area contributed by atoms with Crippen LogP contribution in [0.25, 0.3) is 0 Å². The molecule has 0 bridgehead atoms. The Morgan fingerprint density at radius 1 is 1.05 bits per heavy atom. The third-order valence-corrected chi connectivity index (χ3v) is 3.67. The van der Waals surface area contributed by atoms with Crippen molar-refractivity contribution in [1.82, 2.24) is 0 Å². The largest absolute Gasteiger partial charge is 0.416 e. The summed E-state index contributed by atoms with van der Waals surface area (Å²) in [4.78, 5) is 0. The lowest BCUT2D eigenvalue weighted by Gasteiger charge is -2.13. The molecule has 0 radical (unpaired) electrons. The zero-order valence-electron chi connectivity index (χ0n) is 10.8. The molecule has 0 aliphatic heterocycles. The smallest absolute Gasteiger partial charge is 0.381 e. The van der Waals surface area contributed by atoms with Crippen LogP contribution in [0.15, 0.2) is 42.5 Å². The molecule has 1 N–H and O–H groups in total. The summed E-state index contributed by atoms with van der Waals surface area (Å²) in [5.41, 5.74) is 1.14. The van der Waals surface area contributed by atoms with Gasteiger partial charge in [-0.1, -0.05) is 18.2 Å². The van der Waals surface area contributed by atoms with Crippen LogP contribution >= 0.6 is 22.6 Å². The third kappa shape index (κ3) is 3.88. The Kier molecular flexibility index (Phi) is 4.57. The molecule has 0 saturated heterocycles. The summed E-state index contributed by atoms with van der Waals surface area (Å²) in [5, 5.41) is 3.02. The standard InChI is InChI=1S/C15H13F3IN/c1-10-2-7-13(8-14(10)15(16,17)18)20-9-11-3-5-12(19)6-4-11/h2-8,20H,9H2,1H3. The monoisotopic (exact) mass is 391 g/mol. The first-order valence-corrected chi connectivity index (χ1v) is 7.10. The van der Waals surface area contributed by atoms with Crippen LogP contribution in [0.1, 0.15) is 16.7 Å². The number of halogens is 4. The Bertz CT molecular complexity index is 591. The van der Waals surface area contributed by atoms with Crippen LogP contribution in [0, 0.1) is 10.5 Å². The van der Waals surface area contributed by atoms with Crippen molar-refractivity contribution >= 4 is 28.3 Å². The van der Waals surface area contributed by atoms with Gasteiger partial charge in [0.15, 0.2) is 0 Å². The predicted octanol–water partition coefficient (Wildman–Crippen LogP) is 5.23. The second-order valence-corrected chi connectivity index (χ2v) is 5.75. The fourth-order valence-corrected chi connectivity index (χ4v) is 2.20. The maximum atomic E-state index is 12.8. The first kappa shape index (κ1) is 15.2. The molecule has 5 heteroatoms. The summed E-state index contributed by atoms with van der Waals surface area (Å²) < 4.78 is 39.5. The van der Waals surface area contributed by atoms with Gasteiger partial charge in [0.05, 0.1) is 5.56 Å². The van der Waals surface area contributed by atoms with Gasteiger partial charge in [-0.05, 0) is 64.9 Å². The van der Waals surface area contributed by atoms with E-state index in [1.807, 2.05) is 24.3 Å². The molecule has 0 spiro atoms. The molecule has 0 amide bonds. The predicted molar refractivity (Wildman–Crippen MR) is 82.7 cm³/mol. The number of hydrogen-bond donors (Lipinski definition) is 1. The van der Waals surface area contributed by atoms with Gasteiger partial charge < -0.3 is 5.32 Å². The normalized spacial score (nSPS) is 11.4. The maximum Gasteiger partial charge on any atom is 0.416 e. The molecule has 2 aromatic carbocycles. The van der Waals surface area contributed by atoms with E-state index in [9.17, 15) is 13.2 Å². The van der Waals surface area contributed by atoms with Gasteiger partial charge in [0.1, 0.15) is 0 Å². The Morgan fingerprint density at radius 3 is 2.30 bits per heavy atom. The molecule has 2 rings (SSSR count). The summed E-state index contributed by atoms with van der Waals surface area (Å²) in [7, 11) is 0. The molecule has 0 unspecified atom stereocenters. The van der Waals surface area contributed by atoms with Gasteiger partial charge in [0, 0.05) is 15.8 Å². The fourth-order valence-electron chi connectivity index (χ4n) is 1.84. The van der Waals surface area contributed by atoms with Crippen molar-refractivity contribution < 1.29 is 13.2 Å². The molecule has 0 saturated carbocycles. The lowest BCUT2D eigenvalue weighted by molar-refractivity contribution is -0.138. The van der Waals surface area contributed by atoms with Crippen molar-refractivity contribution in [1.29, 1.82) is 0 Å². The minimum absolute atomic E-state index is 0.234. The first-order valence-electron chi connectivity index (χ1n) is 6.02. The molecule has 0 atom stereocenters. The van der Waals surface area contributed by atoms with Crippen molar-refractivity contribution in [2.24, 2.45) is 0 Å². The van der Waals surface area contributed by atoms with Crippen molar-refractivity contribution in [3.05, 3.63) is 62.7 Å². The summed E-state index contributed by atoms with van der Waals surface area (Å²) in [6.07, 6.45) is -4.31. The van der Waals surface area contributed by atoms with Crippen LogP contribution in [-0.2, 0) is 12.7 Å². The second-order valence-electron chi connectivity index (χ2n) is 4.51. The molecular formula is C15H13F3IN. The van der Waals surface area contributed by atoms with Gasteiger partial charge in [0.25, 0.3) is 0 Å². The van der Waals surface area contributed by atoms with Gasteiger partial charge in [-0.3, -0.25) is 0 Å². The molecule has 0 heterocycles. The van der Waals surface area contributed by atoms with Crippen LogP contribution < -0.4 is 5.32 Å². The van der Waals surface area contributed by atoms with E-state index in [2.05, 4.69) is 27.9 Å². The summed E-state index contributed by atoms with van der Waals surface area (Å²) >= 11 is 2.21. The number of benzene rings is 2. The fraction of sp³-hybridized carbons (Fsp3) is 0.200. The zero-order chi connectivity index (χ0) is 14.8. The van der Waals surface area contributed by atoms with Gasteiger partial charge in [-0.2, -0.15) is 13.2 Å². The van der Waals surface area contributed by atoms with E-state index in [4.69, 9.17) is 0 Å². The van der Waals surface area contributed by atoms with Gasteiger partial charge in [-0.15, -0.1) is 0 Å². The minimum atomic E-state index is -4.31. The Labute approximate surface area is 129 Å². The quantitative estimate of drug-likeness (QED) is 0.707. The highest BCUT2D eigenvalue weighted by molar-refractivity contribution is 14.1. The Hall–Kier alpha value is -1.24. The number of nitrogens with one attached hydrogen (secondary N) is 1. The maximum absolute atomic E-state index is 12.8. The SMILES string of the molecule is Cc1ccc(NCc2ccc(I)cc2)cc1C(F)(F)F. The third-order valence-electron chi connectivity index (χ3n) is 2.95. The van der Waals surface area contributed by atoms with Gasteiger partial charge in [0.2, 0.25) is 0 Å². The number of alkyl halides is 3. The van der Waals surface area contributed by atoms with E-state index >= 15 is 0 Å². The molecule has 0 aliphatic carbocycles. The summed E-state index contributed by atoms with van der Waals surface area (Å²) in [5.74, 6) is 0. The molecule has 0 fully saturated rings. The first-order chi connectivity index (χ1) is 9.36. The molecule has 0 aliphatic rings. The van der Waals surface area contributed by atoms with E-state index in [0.717, 1.165) is 15.2 Å². The summed E-state index contributed by atoms with van der Waals surface area (Å²) in [6.45, 7) is 1.96. The Morgan fingerprint density at radius 2 is 1.70 bits per heavy atom. The molecule has 0 aromatic heterocycles. The van der Waals surface area contributed by atoms with E-state index < -0.39 is 11.7 Å². The molecule has 106 valence electrons. The van der Waals surface area contributed by atoms with E-state index in [-0.39, 0.29) is 5.56 Å². The number of rotatable bonds is 3. The van der Waals surface area contributed by atoms with E-state index in [0.29, 0.717) is 12.2 Å². The van der Waals surface area contributed by atoms with Crippen molar-refractivity contribution in [3.8, 4) is 0 Å². The molecule has 20 heavy (non-hydrogen) atoms. The van der Waals surface area contributed by atoms with Gasteiger partial charge >= 0.3 is 6.18 Å². The minimum Gasteiger partial charge on any atom is -0.381 e. The Balaban J connectivity index is 2.12.